The zero-order valence-electron chi connectivity index (χ0n) is 10.9. The van der Waals surface area contributed by atoms with Crippen molar-refractivity contribution in [3.8, 4) is 0 Å². The molecule has 0 heterocycles. The van der Waals surface area contributed by atoms with Crippen LogP contribution in [0.4, 0.5) is 0 Å². The molecule has 104 valence electrons. The lowest BCUT2D eigenvalue weighted by atomic mass is 10.0. The van der Waals surface area contributed by atoms with Gasteiger partial charge in [0.1, 0.15) is 4.75 Å². The summed E-state index contributed by atoms with van der Waals surface area (Å²) in [4.78, 5) is 12.4. The molecule has 2 unspecified atom stereocenters. The van der Waals surface area contributed by atoms with Crippen molar-refractivity contribution in [1.29, 1.82) is 0 Å². The van der Waals surface area contributed by atoms with Crippen molar-refractivity contribution in [1.82, 2.24) is 5.32 Å². The van der Waals surface area contributed by atoms with Gasteiger partial charge >= 0.3 is 0 Å². The second-order valence-corrected chi connectivity index (χ2v) is 8.34. The van der Waals surface area contributed by atoms with Crippen LogP contribution >= 0.6 is 12.2 Å². The van der Waals surface area contributed by atoms with Crippen LogP contribution in [0.25, 0.3) is 0 Å². The van der Waals surface area contributed by atoms with Crippen LogP contribution in [-0.2, 0) is 14.6 Å². The van der Waals surface area contributed by atoms with Crippen LogP contribution in [0.5, 0.6) is 0 Å². The maximum Gasteiger partial charge on any atom is 0.241 e. The Balaban J connectivity index is 2.80. The molecule has 3 N–H and O–H groups in total. The number of thiocarbonyl (C=S) groups is 1. The third-order valence-electron chi connectivity index (χ3n) is 3.67. The molecule has 5 nitrogen and oxygen atoms in total. The predicted molar refractivity (Wildman–Crippen MR) is 75.0 cm³/mol. The monoisotopic (exact) mass is 292 g/mol. The summed E-state index contributed by atoms with van der Waals surface area (Å²) >= 11 is 4.96. The van der Waals surface area contributed by atoms with E-state index in [0.29, 0.717) is 4.99 Å². The summed E-state index contributed by atoms with van der Waals surface area (Å²) in [7, 11) is -3.46. The molecular weight excluding hydrogens is 272 g/mol. The number of sulfone groups is 1. The molecule has 1 saturated carbocycles. The first-order valence-corrected chi connectivity index (χ1v) is 8.17. The van der Waals surface area contributed by atoms with Gasteiger partial charge in [-0.2, -0.15) is 0 Å². The topological polar surface area (TPSA) is 89.3 Å². The Hall–Kier alpha value is -0.690. The minimum Gasteiger partial charge on any atom is -0.393 e. The first-order valence-electron chi connectivity index (χ1n) is 5.87. The van der Waals surface area contributed by atoms with Gasteiger partial charge in [-0.1, -0.05) is 18.6 Å². The summed E-state index contributed by atoms with van der Waals surface area (Å²) in [5.41, 5.74) is 5.62. The molecule has 0 radical (unpaired) electrons. The van der Waals surface area contributed by atoms with Crippen LogP contribution in [0.1, 0.15) is 33.1 Å². The molecular formula is C11H20N2O3S2. The van der Waals surface area contributed by atoms with Crippen LogP contribution in [0.3, 0.4) is 0 Å². The number of carbonyl (C=O) groups excluding carboxylic acids is 1. The molecule has 1 amide bonds. The molecule has 2 atom stereocenters. The maximum absolute atomic E-state index is 12.1. The lowest BCUT2D eigenvalue weighted by molar-refractivity contribution is -0.123. The van der Waals surface area contributed by atoms with Gasteiger partial charge in [0.05, 0.1) is 4.99 Å². The Morgan fingerprint density at radius 3 is 2.39 bits per heavy atom. The molecule has 0 aliphatic heterocycles. The normalized spacial score (nSPS) is 24.8. The Labute approximate surface area is 113 Å². The second kappa shape index (κ2) is 5.13. The Morgan fingerprint density at radius 2 is 1.94 bits per heavy atom. The lowest BCUT2D eigenvalue weighted by Gasteiger charge is -2.26. The molecule has 0 aromatic heterocycles. The number of hydrogen-bond donors (Lipinski definition) is 2. The van der Waals surface area contributed by atoms with Gasteiger partial charge in [0, 0.05) is 18.2 Å². The summed E-state index contributed by atoms with van der Waals surface area (Å²) in [6.45, 7) is 2.81. The summed E-state index contributed by atoms with van der Waals surface area (Å²) < 4.78 is 21.7. The van der Waals surface area contributed by atoms with Crippen LogP contribution < -0.4 is 11.1 Å². The van der Waals surface area contributed by atoms with Gasteiger partial charge < -0.3 is 11.1 Å². The number of nitrogens with two attached hydrogens (primary N) is 1. The van der Waals surface area contributed by atoms with Crippen LogP contribution in [-0.4, -0.2) is 36.4 Å². The van der Waals surface area contributed by atoms with Crippen molar-refractivity contribution in [2.24, 2.45) is 11.7 Å². The van der Waals surface area contributed by atoms with E-state index in [2.05, 4.69) is 5.32 Å². The number of hydrogen-bond acceptors (Lipinski definition) is 4. The lowest BCUT2D eigenvalue weighted by Crippen LogP contribution is -2.52. The van der Waals surface area contributed by atoms with Crippen molar-refractivity contribution in [3.63, 3.8) is 0 Å². The molecule has 18 heavy (non-hydrogen) atoms. The van der Waals surface area contributed by atoms with Crippen molar-refractivity contribution in [2.45, 2.75) is 43.9 Å². The molecule has 0 aromatic carbocycles. The standard InChI is InChI=1S/C11H20N2O3S2/c1-11(2,18(3,15)16)10(14)13-8-6-4-5-7(8)9(12)17/h7-8H,4-6H2,1-3H3,(H2,12,17)(H,13,14). The number of nitrogens with one attached hydrogen (secondary N) is 1. The van der Waals surface area contributed by atoms with E-state index in [1.807, 2.05) is 0 Å². The van der Waals surface area contributed by atoms with E-state index in [1.165, 1.54) is 13.8 Å². The third kappa shape index (κ3) is 3.00. The quantitative estimate of drug-likeness (QED) is 0.731. The van der Waals surface area contributed by atoms with Gasteiger partial charge in [0.15, 0.2) is 9.84 Å². The van der Waals surface area contributed by atoms with E-state index in [-0.39, 0.29) is 12.0 Å². The largest absolute Gasteiger partial charge is 0.393 e. The number of rotatable bonds is 4. The zero-order chi connectivity index (χ0) is 14.1. The van der Waals surface area contributed by atoms with E-state index in [4.69, 9.17) is 18.0 Å². The molecule has 1 aliphatic carbocycles. The molecule has 1 fully saturated rings. The summed E-state index contributed by atoms with van der Waals surface area (Å²) in [6, 6.07) is -0.143. The first-order chi connectivity index (χ1) is 8.07. The maximum atomic E-state index is 12.1. The van der Waals surface area contributed by atoms with Crippen molar-refractivity contribution in [2.75, 3.05) is 6.26 Å². The Bertz CT molecular complexity index is 457. The molecule has 0 aromatic rings. The fraction of sp³-hybridized carbons (Fsp3) is 0.818. The number of carbonyl (C=O) groups is 1. The summed E-state index contributed by atoms with van der Waals surface area (Å²) in [5.74, 6) is -0.516. The van der Waals surface area contributed by atoms with E-state index in [0.717, 1.165) is 25.5 Å². The van der Waals surface area contributed by atoms with Crippen molar-refractivity contribution < 1.29 is 13.2 Å². The van der Waals surface area contributed by atoms with Gasteiger partial charge in [0.2, 0.25) is 5.91 Å². The van der Waals surface area contributed by atoms with E-state index >= 15 is 0 Å². The highest BCUT2D eigenvalue weighted by Gasteiger charge is 2.41. The van der Waals surface area contributed by atoms with E-state index in [9.17, 15) is 13.2 Å². The van der Waals surface area contributed by atoms with Crippen LogP contribution in [0.15, 0.2) is 0 Å². The van der Waals surface area contributed by atoms with Crippen molar-refractivity contribution >= 4 is 33.0 Å². The predicted octanol–water partition coefficient (Wildman–Crippen LogP) is 0.381. The smallest absolute Gasteiger partial charge is 0.241 e. The SMILES string of the molecule is CC(C)(C(=O)NC1CCCC1C(N)=S)S(C)(=O)=O. The minimum absolute atomic E-state index is 0.0284. The van der Waals surface area contributed by atoms with Gasteiger partial charge in [0.25, 0.3) is 0 Å². The zero-order valence-corrected chi connectivity index (χ0v) is 12.5. The molecule has 7 heteroatoms. The highest BCUT2D eigenvalue weighted by molar-refractivity contribution is 7.92. The molecule has 1 aliphatic rings. The fourth-order valence-corrected chi connectivity index (χ4v) is 2.66. The fourth-order valence-electron chi connectivity index (χ4n) is 1.98. The van der Waals surface area contributed by atoms with Crippen LogP contribution in [0.2, 0.25) is 0 Å². The molecule has 0 saturated heterocycles. The van der Waals surface area contributed by atoms with E-state index in [1.54, 1.807) is 0 Å². The second-order valence-electron chi connectivity index (χ2n) is 5.30. The number of amides is 1. The molecule has 1 rings (SSSR count). The first kappa shape index (κ1) is 15.4. The third-order valence-corrected chi connectivity index (χ3v) is 6.01. The summed E-state index contributed by atoms with van der Waals surface area (Å²) in [5, 5.41) is 2.77. The van der Waals surface area contributed by atoms with Crippen LogP contribution in [0, 0.1) is 5.92 Å². The Kier molecular flexibility index (Phi) is 4.38. The molecule has 0 bridgehead atoms. The van der Waals surface area contributed by atoms with E-state index < -0.39 is 20.5 Å². The van der Waals surface area contributed by atoms with Gasteiger partial charge in [-0.15, -0.1) is 0 Å². The van der Waals surface area contributed by atoms with Gasteiger partial charge in [-0.25, -0.2) is 8.42 Å². The average Bonchev–Trinajstić information content (AvgIpc) is 2.63. The van der Waals surface area contributed by atoms with Gasteiger partial charge in [-0.05, 0) is 26.7 Å². The van der Waals surface area contributed by atoms with Crippen molar-refractivity contribution in [3.05, 3.63) is 0 Å². The Morgan fingerprint density at radius 1 is 1.39 bits per heavy atom. The summed E-state index contributed by atoms with van der Waals surface area (Å²) in [6.07, 6.45) is 3.63. The molecule has 0 spiro atoms. The highest BCUT2D eigenvalue weighted by atomic mass is 32.2. The average molecular weight is 292 g/mol. The highest BCUT2D eigenvalue weighted by Crippen LogP contribution is 2.27. The minimum atomic E-state index is -3.46. The van der Waals surface area contributed by atoms with Gasteiger partial charge in [-0.3, -0.25) is 4.79 Å².